The quantitative estimate of drug-likeness (QED) is 0.730. The molecule has 2 N–H and O–H groups in total. The summed E-state index contributed by atoms with van der Waals surface area (Å²) in [5.74, 6) is 0. The SMILES string of the molecule is CCCC(C)OCC(CO)(NC(C)C)c1ccccc1. The molecule has 0 amide bonds. The van der Waals surface area contributed by atoms with Crippen LogP contribution < -0.4 is 5.32 Å². The summed E-state index contributed by atoms with van der Waals surface area (Å²) in [7, 11) is 0. The molecule has 3 nitrogen and oxygen atoms in total. The lowest BCUT2D eigenvalue weighted by atomic mass is 9.90. The fraction of sp³-hybridized carbons (Fsp3) is 0.647. The van der Waals surface area contributed by atoms with Crippen LogP contribution in [0.1, 0.15) is 46.1 Å². The first-order valence-corrected chi connectivity index (χ1v) is 7.59. The average molecular weight is 279 g/mol. The van der Waals surface area contributed by atoms with E-state index in [1.807, 2.05) is 30.3 Å². The summed E-state index contributed by atoms with van der Waals surface area (Å²) >= 11 is 0. The van der Waals surface area contributed by atoms with Gasteiger partial charge < -0.3 is 15.2 Å². The van der Waals surface area contributed by atoms with E-state index >= 15 is 0 Å². The standard InChI is InChI=1S/C17H29NO2/c1-5-9-15(4)20-13-17(12-19,18-14(2)3)16-10-7-6-8-11-16/h6-8,10-11,14-15,18-19H,5,9,12-13H2,1-4H3. The van der Waals surface area contributed by atoms with Gasteiger partial charge in [0.05, 0.1) is 24.9 Å². The average Bonchev–Trinajstić information content (AvgIpc) is 2.44. The molecule has 1 rings (SSSR count). The summed E-state index contributed by atoms with van der Waals surface area (Å²) in [6, 6.07) is 10.3. The summed E-state index contributed by atoms with van der Waals surface area (Å²) in [6.07, 6.45) is 2.36. The third-order valence-electron chi connectivity index (χ3n) is 3.47. The number of aliphatic hydroxyl groups excluding tert-OH is 1. The number of rotatable bonds is 9. The molecule has 1 aromatic rings. The zero-order valence-electron chi connectivity index (χ0n) is 13.2. The van der Waals surface area contributed by atoms with Crippen molar-refractivity contribution in [1.82, 2.24) is 5.32 Å². The number of hydrogen-bond acceptors (Lipinski definition) is 3. The van der Waals surface area contributed by atoms with Gasteiger partial charge in [-0.1, -0.05) is 43.7 Å². The molecular formula is C17H29NO2. The van der Waals surface area contributed by atoms with E-state index in [4.69, 9.17) is 4.74 Å². The maximum atomic E-state index is 9.98. The van der Waals surface area contributed by atoms with Crippen LogP contribution in [-0.2, 0) is 10.3 Å². The Balaban J connectivity index is 2.88. The second-order valence-electron chi connectivity index (χ2n) is 5.82. The second-order valence-corrected chi connectivity index (χ2v) is 5.82. The first-order valence-electron chi connectivity index (χ1n) is 7.59. The van der Waals surface area contributed by atoms with Crippen LogP contribution in [0.3, 0.4) is 0 Å². The van der Waals surface area contributed by atoms with Crippen molar-refractivity contribution in [3.8, 4) is 0 Å². The minimum atomic E-state index is -0.530. The first kappa shape index (κ1) is 17.2. The fourth-order valence-corrected chi connectivity index (χ4v) is 2.48. The lowest BCUT2D eigenvalue weighted by Gasteiger charge is -2.36. The highest BCUT2D eigenvalue weighted by atomic mass is 16.5. The molecule has 0 saturated carbocycles. The lowest BCUT2D eigenvalue weighted by Crippen LogP contribution is -2.52. The van der Waals surface area contributed by atoms with Crippen molar-refractivity contribution in [3.05, 3.63) is 35.9 Å². The van der Waals surface area contributed by atoms with E-state index in [-0.39, 0.29) is 18.8 Å². The largest absolute Gasteiger partial charge is 0.394 e. The second kappa shape index (κ2) is 8.40. The van der Waals surface area contributed by atoms with E-state index in [0.29, 0.717) is 6.61 Å². The predicted molar refractivity (Wildman–Crippen MR) is 83.8 cm³/mol. The predicted octanol–water partition coefficient (Wildman–Crippen LogP) is 3.08. The Kier molecular flexibility index (Phi) is 7.20. The molecule has 0 radical (unpaired) electrons. The van der Waals surface area contributed by atoms with Crippen molar-refractivity contribution in [2.45, 2.75) is 58.2 Å². The van der Waals surface area contributed by atoms with E-state index in [9.17, 15) is 5.11 Å². The lowest BCUT2D eigenvalue weighted by molar-refractivity contribution is -0.0108. The van der Waals surface area contributed by atoms with Crippen LogP contribution in [0.15, 0.2) is 30.3 Å². The summed E-state index contributed by atoms with van der Waals surface area (Å²) in [5.41, 5.74) is 0.539. The van der Waals surface area contributed by atoms with E-state index in [1.165, 1.54) is 0 Å². The Bertz CT molecular complexity index is 367. The molecule has 0 saturated heterocycles. The summed E-state index contributed by atoms with van der Waals surface area (Å²) in [4.78, 5) is 0. The molecule has 2 atom stereocenters. The number of ether oxygens (including phenoxy) is 1. The Labute approximate surface area is 123 Å². The van der Waals surface area contributed by atoms with Crippen LogP contribution in [0.4, 0.5) is 0 Å². The number of hydrogen-bond donors (Lipinski definition) is 2. The third-order valence-corrected chi connectivity index (χ3v) is 3.47. The van der Waals surface area contributed by atoms with Crippen LogP contribution in [-0.4, -0.2) is 30.5 Å². The Hall–Kier alpha value is -0.900. The zero-order chi connectivity index (χ0) is 15.0. The van der Waals surface area contributed by atoms with Crippen molar-refractivity contribution >= 4 is 0 Å². The molecule has 0 aromatic heterocycles. The number of benzene rings is 1. The smallest absolute Gasteiger partial charge is 0.0908 e. The molecule has 1 aromatic carbocycles. The molecule has 20 heavy (non-hydrogen) atoms. The van der Waals surface area contributed by atoms with Gasteiger partial charge in [0.25, 0.3) is 0 Å². The minimum Gasteiger partial charge on any atom is -0.394 e. The van der Waals surface area contributed by atoms with Crippen molar-refractivity contribution in [3.63, 3.8) is 0 Å². The fourth-order valence-electron chi connectivity index (χ4n) is 2.48. The zero-order valence-corrected chi connectivity index (χ0v) is 13.2. The Morgan fingerprint density at radius 1 is 1.20 bits per heavy atom. The minimum absolute atomic E-state index is 0.0219. The van der Waals surface area contributed by atoms with Gasteiger partial charge in [-0.2, -0.15) is 0 Å². The van der Waals surface area contributed by atoms with E-state index in [0.717, 1.165) is 18.4 Å². The summed E-state index contributed by atoms with van der Waals surface area (Å²) in [5, 5.41) is 13.5. The van der Waals surface area contributed by atoms with Gasteiger partial charge in [0.2, 0.25) is 0 Å². The van der Waals surface area contributed by atoms with Crippen molar-refractivity contribution in [1.29, 1.82) is 0 Å². The van der Waals surface area contributed by atoms with Crippen LogP contribution in [0.25, 0.3) is 0 Å². The molecule has 3 heteroatoms. The molecule has 114 valence electrons. The van der Waals surface area contributed by atoms with Gasteiger partial charge in [0.15, 0.2) is 0 Å². The molecule has 0 bridgehead atoms. The summed E-state index contributed by atoms with van der Waals surface area (Å²) < 4.78 is 5.97. The molecule has 0 aliphatic rings. The van der Waals surface area contributed by atoms with E-state index in [2.05, 4.69) is 33.0 Å². The molecule has 0 heterocycles. The van der Waals surface area contributed by atoms with Crippen LogP contribution in [0, 0.1) is 0 Å². The van der Waals surface area contributed by atoms with Gasteiger partial charge in [-0.3, -0.25) is 0 Å². The highest BCUT2D eigenvalue weighted by molar-refractivity contribution is 5.25. The van der Waals surface area contributed by atoms with Crippen LogP contribution in [0.5, 0.6) is 0 Å². The van der Waals surface area contributed by atoms with Crippen molar-refractivity contribution in [2.24, 2.45) is 0 Å². The number of aliphatic hydroxyl groups is 1. The van der Waals surface area contributed by atoms with Gasteiger partial charge in [0.1, 0.15) is 0 Å². The van der Waals surface area contributed by atoms with Crippen molar-refractivity contribution < 1.29 is 9.84 Å². The van der Waals surface area contributed by atoms with Gasteiger partial charge >= 0.3 is 0 Å². The normalized spacial score (nSPS) is 16.1. The first-order chi connectivity index (χ1) is 9.54. The Morgan fingerprint density at radius 3 is 2.35 bits per heavy atom. The molecule has 2 unspecified atom stereocenters. The molecule has 0 spiro atoms. The van der Waals surface area contributed by atoms with Gasteiger partial charge in [-0.05, 0) is 32.8 Å². The number of nitrogens with one attached hydrogen (secondary N) is 1. The van der Waals surface area contributed by atoms with Crippen LogP contribution in [0.2, 0.25) is 0 Å². The van der Waals surface area contributed by atoms with Crippen molar-refractivity contribution in [2.75, 3.05) is 13.2 Å². The summed E-state index contributed by atoms with van der Waals surface area (Å²) in [6.45, 7) is 8.92. The Morgan fingerprint density at radius 2 is 1.85 bits per heavy atom. The maximum absolute atomic E-state index is 9.98. The molecular weight excluding hydrogens is 250 g/mol. The molecule has 0 aliphatic carbocycles. The monoisotopic (exact) mass is 279 g/mol. The topological polar surface area (TPSA) is 41.5 Å². The maximum Gasteiger partial charge on any atom is 0.0908 e. The molecule has 0 aliphatic heterocycles. The van der Waals surface area contributed by atoms with Gasteiger partial charge in [-0.25, -0.2) is 0 Å². The third kappa shape index (κ3) is 4.89. The highest BCUT2D eigenvalue weighted by Crippen LogP contribution is 2.23. The van der Waals surface area contributed by atoms with E-state index < -0.39 is 5.54 Å². The van der Waals surface area contributed by atoms with E-state index in [1.54, 1.807) is 0 Å². The van der Waals surface area contributed by atoms with Gasteiger partial charge in [-0.15, -0.1) is 0 Å². The molecule has 0 fully saturated rings. The van der Waals surface area contributed by atoms with Crippen LogP contribution >= 0.6 is 0 Å². The van der Waals surface area contributed by atoms with Gasteiger partial charge in [0, 0.05) is 6.04 Å². The highest BCUT2D eigenvalue weighted by Gasteiger charge is 2.32.